The summed E-state index contributed by atoms with van der Waals surface area (Å²) in [5.74, 6) is -0.391. The number of aromatic nitrogens is 3. The summed E-state index contributed by atoms with van der Waals surface area (Å²) in [5.41, 5.74) is 9.50. The van der Waals surface area contributed by atoms with Gasteiger partial charge in [0, 0.05) is 34.3 Å². The van der Waals surface area contributed by atoms with E-state index in [1.54, 1.807) is 13.1 Å². The smallest absolute Gasteiger partial charge is 0.325 e. The molecular formula is C22H19FN4O2S. The molecule has 5 rings (SSSR count). The minimum Gasteiger partial charge on any atom is -0.325 e. The van der Waals surface area contributed by atoms with E-state index in [-0.39, 0.29) is 11.5 Å². The highest BCUT2D eigenvalue weighted by Crippen LogP contribution is 2.43. The minimum atomic E-state index is -0.622. The summed E-state index contributed by atoms with van der Waals surface area (Å²) in [6, 6.07) is 5.69. The van der Waals surface area contributed by atoms with Crippen LogP contribution in [0.4, 0.5) is 4.39 Å². The molecule has 3 N–H and O–H groups in total. The number of thiophene rings is 1. The van der Waals surface area contributed by atoms with Gasteiger partial charge in [-0.05, 0) is 54.3 Å². The fourth-order valence-corrected chi connectivity index (χ4v) is 5.08. The van der Waals surface area contributed by atoms with Crippen molar-refractivity contribution < 1.29 is 4.39 Å². The van der Waals surface area contributed by atoms with Gasteiger partial charge < -0.3 is 5.73 Å². The van der Waals surface area contributed by atoms with Crippen molar-refractivity contribution >= 4 is 16.9 Å². The lowest BCUT2D eigenvalue weighted by Gasteiger charge is -2.13. The Morgan fingerprint density at radius 3 is 2.90 bits per heavy atom. The number of nitrogens with zero attached hydrogens (tertiary/aromatic N) is 2. The van der Waals surface area contributed by atoms with Gasteiger partial charge in [-0.15, -0.1) is 11.3 Å². The third-order valence-corrected chi connectivity index (χ3v) is 6.57. The Kier molecular flexibility index (Phi) is 4.41. The largest absolute Gasteiger partial charge is 0.333 e. The summed E-state index contributed by atoms with van der Waals surface area (Å²) >= 11 is 1.41. The molecule has 1 saturated carbocycles. The number of rotatable bonds is 4. The fraction of sp³-hybridized carbons (Fsp3) is 0.227. The molecular weight excluding hydrogens is 403 g/mol. The van der Waals surface area contributed by atoms with Gasteiger partial charge in [-0.1, -0.05) is 6.07 Å². The molecule has 0 amide bonds. The Balaban J connectivity index is 1.75. The van der Waals surface area contributed by atoms with Gasteiger partial charge in [-0.2, -0.15) is 0 Å². The third kappa shape index (κ3) is 2.91. The van der Waals surface area contributed by atoms with Gasteiger partial charge >= 0.3 is 5.69 Å². The summed E-state index contributed by atoms with van der Waals surface area (Å²) < 4.78 is 16.4. The first-order valence-corrected chi connectivity index (χ1v) is 10.6. The number of pyridine rings is 2. The molecule has 0 aliphatic heterocycles. The summed E-state index contributed by atoms with van der Waals surface area (Å²) in [7, 11) is 0. The molecule has 4 heterocycles. The van der Waals surface area contributed by atoms with Crippen molar-refractivity contribution in [3.05, 3.63) is 79.4 Å². The molecule has 1 aliphatic rings. The van der Waals surface area contributed by atoms with Crippen LogP contribution in [-0.4, -0.2) is 14.4 Å². The van der Waals surface area contributed by atoms with Crippen molar-refractivity contribution in [1.29, 1.82) is 0 Å². The van der Waals surface area contributed by atoms with Gasteiger partial charge in [0.2, 0.25) is 0 Å². The van der Waals surface area contributed by atoms with Crippen LogP contribution in [-0.2, 0) is 6.54 Å². The molecule has 30 heavy (non-hydrogen) atoms. The summed E-state index contributed by atoms with van der Waals surface area (Å²) in [6.07, 6.45) is 4.67. The number of hydrogen-bond donors (Lipinski definition) is 2. The second-order valence-electron chi connectivity index (χ2n) is 7.54. The molecule has 0 radical (unpaired) electrons. The quantitative estimate of drug-likeness (QED) is 0.526. The maximum absolute atomic E-state index is 15.2. The van der Waals surface area contributed by atoms with E-state index in [2.05, 4.69) is 9.97 Å². The van der Waals surface area contributed by atoms with E-state index in [1.165, 1.54) is 21.9 Å². The van der Waals surface area contributed by atoms with Crippen LogP contribution in [0.5, 0.6) is 0 Å². The van der Waals surface area contributed by atoms with E-state index >= 15 is 4.39 Å². The van der Waals surface area contributed by atoms with Crippen molar-refractivity contribution in [3.8, 4) is 21.6 Å². The predicted octanol–water partition coefficient (Wildman–Crippen LogP) is 3.56. The first-order chi connectivity index (χ1) is 14.5. The molecule has 4 aromatic rings. The number of fused-ring (bicyclic) bond motifs is 1. The average Bonchev–Trinajstić information content (AvgIpc) is 3.45. The van der Waals surface area contributed by atoms with Gasteiger partial charge in [0.05, 0.1) is 17.4 Å². The highest BCUT2D eigenvalue weighted by Gasteiger charge is 2.31. The molecule has 0 saturated heterocycles. The maximum Gasteiger partial charge on any atom is 0.333 e. The van der Waals surface area contributed by atoms with Crippen LogP contribution in [0.15, 0.2) is 45.6 Å². The number of hydrogen-bond acceptors (Lipinski definition) is 5. The standard InChI is InChI=1S/C22H19FN4O2S/c1-11-18(17-7-13(10-30-17)14-3-2-6-25-16(14)8-24)15(23)9-27-20(11)19(12-4-5-12)21(28)26-22(27)29/h2-3,6-7,9-10,12H,4-5,8,24H2,1H3,(H,26,28,29). The topological polar surface area (TPSA) is 93.2 Å². The van der Waals surface area contributed by atoms with E-state index < -0.39 is 11.5 Å². The number of halogens is 1. The Bertz CT molecular complexity index is 1420. The van der Waals surface area contributed by atoms with Gasteiger partial charge in [-0.3, -0.25) is 19.2 Å². The Labute approximate surface area is 174 Å². The molecule has 1 fully saturated rings. The zero-order valence-corrected chi connectivity index (χ0v) is 17.1. The van der Waals surface area contributed by atoms with Crippen molar-refractivity contribution in [3.63, 3.8) is 0 Å². The van der Waals surface area contributed by atoms with E-state index in [1.807, 2.05) is 23.6 Å². The van der Waals surface area contributed by atoms with Gasteiger partial charge in [0.1, 0.15) is 5.82 Å². The maximum atomic E-state index is 15.2. The lowest BCUT2D eigenvalue weighted by Crippen LogP contribution is -2.29. The van der Waals surface area contributed by atoms with Crippen molar-refractivity contribution in [2.45, 2.75) is 32.2 Å². The van der Waals surface area contributed by atoms with Crippen LogP contribution in [0.3, 0.4) is 0 Å². The number of aromatic amines is 1. The van der Waals surface area contributed by atoms with Crippen molar-refractivity contribution in [1.82, 2.24) is 14.4 Å². The zero-order valence-electron chi connectivity index (χ0n) is 16.2. The lowest BCUT2D eigenvalue weighted by molar-refractivity contribution is 0.619. The number of nitrogens with one attached hydrogen (secondary N) is 1. The molecule has 4 aromatic heterocycles. The average molecular weight is 422 g/mol. The van der Waals surface area contributed by atoms with Crippen LogP contribution < -0.4 is 17.0 Å². The van der Waals surface area contributed by atoms with Crippen LogP contribution in [0.2, 0.25) is 0 Å². The number of H-pyrrole nitrogens is 1. The lowest BCUT2D eigenvalue weighted by atomic mass is 10.0. The first kappa shape index (κ1) is 18.9. The van der Waals surface area contributed by atoms with E-state index in [9.17, 15) is 9.59 Å². The minimum absolute atomic E-state index is 0.114. The Hall–Kier alpha value is -3.10. The normalized spacial score (nSPS) is 13.8. The van der Waals surface area contributed by atoms with E-state index in [0.29, 0.717) is 28.8 Å². The summed E-state index contributed by atoms with van der Waals surface area (Å²) in [5, 5.41) is 1.94. The van der Waals surface area contributed by atoms with Crippen LogP contribution in [0.1, 0.15) is 35.6 Å². The highest BCUT2D eigenvalue weighted by atomic mass is 32.1. The highest BCUT2D eigenvalue weighted by molar-refractivity contribution is 7.14. The van der Waals surface area contributed by atoms with E-state index in [4.69, 9.17) is 5.73 Å². The fourth-order valence-electron chi connectivity index (χ4n) is 4.07. The Morgan fingerprint density at radius 1 is 1.37 bits per heavy atom. The molecule has 0 atom stereocenters. The third-order valence-electron chi connectivity index (χ3n) is 5.62. The molecule has 1 aliphatic carbocycles. The molecule has 6 nitrogen and oxygen atoms in total. The monoisotopic (exact) mass is 422 g/mol. The SMILES string of the molecule is Cc1c(-c2cc(-c3cccnc3CN)cs2)c(F)cn2c(=O)[nH]c(=O)c(C3CC3)c12. The second-order valence-corrected chi connectivity index (χ2v) is 8.46. The second kappa shape index (κ2) is 7.00. The molecule has 0 unspecified atom stereocenters. The number of nitrogens with two attached hydrogens (primary N) is 1. The first-order valence-electron chi connectivity index (χ1n) is 9.70. The van der Waals surface area contributed by atoms with E-state index in [0.717, 1.165) is 34.5 Å². The van der Waals surface area contributed by atoms with Crippen LogP contribution in [0, 0.1) is 12.7 Å². The van der Waals surface area contributed by atoms with Gasteiger partial charge in [-0.25, -0.2) is 9.18 Å². The van der Waals surface area contributed by atoms with Gasteiger partial charge in [0.25, 0.3) is 5.56 Å². The van der Waals surface area contributed by atoms with Crippen molar-refractivity contribution in [2.24, 2.45) is 5.73 Å². The molecule has 152 valence electrons. The predicted molar refractivity (Wildman–Crippen MR) is 115 cm³/mol. The van der Waals surface area contributed by atoms with Crippen LogP contribution >= 0.6 is 11.3 Å². The summed E-state index contributed by atoms with van der Waals surface area (Å²) in [4.78, 5) is 32.2. The zero-order chi connectivity index (χ0) is 21.0. The molecule has 0 bridgehead atoms. The van der Waals surface area contributed by atoms with Gasteiger partial charge in [0.15, 0.2) is 0 Å². The number of aryl methyl sites for hydroxylation is 1. The molecule has 8 heteroatoms. The molecule has 0 spiro atoms. The Morgan fingerprint density at radius 2 is 2.17 bits per heavy atom. The van der Waals surface area contributed by atoms with Crippen molar-refractivity contribution in [2.75, 3.05) is 0 Å². The summed E-state index contributed by atoms with van der Waals surface area (Å²) in [6.45, 7) is 2.08. The van der Waals surface area contributed by atoms with Crippen LogP contribution in [0.25, 0.3) is 27.1 Å². The molecule has 0 aromatic carbocycles.